The van der Waals surface area contributed by atoms with Gasteiger partial charge in [-0.2, -0.15) is 0 Å². The molecule has 1 aliphatic heterocycles. The quantitative estimate of drug-likeness (QED) is 0.639. The standard InChI is InChI=1S/C14H16ClN3O2S/c1-2-20-14(19)10-4-3-6-18(10)8-11-16-12(15)9-5-7-21-13(9)17-11/h5,7,10H,2-4,6,8H2,1H3. The van der Waals surface area contributed by atoms with Crippen molar-refractivity contribution in [3.05, 3.63) is 22.4 Å². The molecular formula is C14H16ClN3O2S. The van der Waals surface area contributed by atoms with E-state index in [4.69, 9.17) is 16.3 Å². The van der Waals surface area contributed by atoms with Gasteiger partial charge in [-0.25, -0.2) is 9.97 Å². The summed E-state index contributed by atoms with van der Waals surface area (Å²) in [5, 5.41) is 3.31. The molecule has 2 aromatic rings. The van der Waals surface area contributed by atoms with E-state index in [9.17, 15) is 4.79 Å². The molecule has 21 heavy (non-hydrogen) atoms. The molecule has 1 aliphatic rings. The lowest BCUT2D eigenvalue weighted by Crippen LogP contribution is -2.37. The summed E-state index contributed by atoms with van der Waals surface area (Å²) in [7, 11) is 0. The lowest BCUT2D eigenvalue weighted by atomic mass is 10.2. The maximum absolute atomic E-state index is 12.0. The zero-order valence-corrected chi connectivity index (χ0v) is 13.3. The summed E-state index contributed by atoms with van der Waals surface area (Å²) in [6, 6.07) is 1.73. The maximum atomic E-state index is 12.0. The molecular weight excluding hydrogens is 310 g/mol. The number of halogens is 1. The van der Waals surface area contributed by atoms with Gasteiger partial charge in [0.25, 0.3) is 0 Å². The van der Waals surface area contributed by atoms with Gasteiger partial charge < -0.3 is 4.74 Å². The van der Waals surface area contributed by atoms with Crippen LogP contribution in [-0.2, 0) is 16.1 Å². The van der Waals surface area contributed by atoms with Gasteiger partial charge in [0.2, 0.25) is 0 Å². The fourth-order valence-corrected chi connectivity index (χ4v) is 3.72. The number of thiophene rings is 1. The summed E-state index contributed by atoms with van der Waals surface area (Å²) in [6.07, 6.45) is 1.81. The van der Waals surface area contributed by atoms with Crippen molar-refractivity contribution in [2.45, 2.75) is 32.4 Å². The number of fused-ring (bicyclic) bond motifs is 1. The number of hydrogen-bond acceptors (Lipinski definition) is 6. The van der Waals surface area contributed by atoms with Gasteiger partial charge in [-0.3, -0.25) is 9.69 Å². The normalized spacial score (nSPS) is 19.2. The molecule has 0 aromatic carbocycles. The van der Waals surface area contributed by atoms with Crippen LogP contribution in [0.4, 0.5) is 0 Å². The zero-order chi connectivity index (χ0) is 14.8. The Morgan fingerprint density at radius 3 is 3.24 bits per heavy atom. The Morgan fingerprint density at radius 1 is 1.57 bits per heavy atom. The lowest BCUT2D eigenvalue weighted by molar-refractivity contribution is -0.148. The molecule has 7 heteroatoms. The van der Waals surface area contributed by atoms with Gasteiger partial charge in [-0.1, -0.05) is 11.6 Å². The first-order chi connectivity index (χ1) is 10.2. The molecule has 0 spiro atoms. The number of likely N-dealkylation sites (tertiary alicyclic amines) is 1. The largest absolute Gasteiger partial charge is 0.465 e. The molecule has 0 N–H and O–H groups in total. The molecule has 112 valence electrons. The highest BCUT2D eigenvalue weighted by molar-refractivity contribution is 7.16. The number of aromatic nitrogens is 2. The number of nitrogens with zero attached hydrogens (tertiary/aromatic N) is 3. The van der Waals surface area contributed by atoms with E-state index >= 15 is 0 Å². The van der Waals surface area contributed by atoms with Crippen LogP contribution in [0.1, 0.15) is 25.6 Å². The first kappa shape index (κ1) is 14.7. The van der Waals surface area contributed by atoms with E-state index < -0.39 is 0 Å². The highest BCUT2D eigenvalue weighted by Gasteiger charge is 2.32. The van der Waals surface area contributed by atoms with E-state index in [1.54, 1.807) is 11.3 Å². The molecule has 1 saturated heterocycles. The van der Waals surface area contributed by atoms with Crippen LogP contribution in [-0.4, -0.2) is 40.0 Å². The van der Waals surface area contributed by atoms with Crippen LogP contribution in [0, 0.1) is 0 Å². The van der Waals surface area contributed by atoms with E-state index in [2.05, 4.69) is 14.9 Å². The second-order valence-electron chi connectivity index (χ2n) is 4.95. The molecule has 0 aliphatic carbocycles. The fourth-order valence-electron chi connectivity index (χ4n) is 2.63. The first-order valence-corrected chi connectivity index (χ1v) is 8.25. The molecule has 1 unspecified atom stereocenters. The molecule has 5 nitrogen and oxygen atoms in total. The number of ether oxygens (including phenoxy) is 1. The van der Waals surface area contributed by atoms with Crippen LogP contribution in [0.15, 0.2) is 11.4 Å². The van der Waals surface area contributed by atoms with Crippen LogP contribution in [0.2, 0.25) is 5.15 Å². The minimum atomic E-state index is -0.189. The Bertz CT molecular complexity index is 661. The molecule has 0 amide bonds. The van der Waals surface area contributed by atoms with Crippen LogP contribution in [0.5, 0.6) is 0 Å². The van der Waals surface area contributed by atoms with E-state index in [1.165, 1.54) is 0 Å². The summed E-state index contributed by atoms with van der Waals surface area (Å²) in [5.41, 5.74) is 0. The molecule has 3 rings (SSSR count). The van der Waals surface area contributed by atoms with Crippen molar-refractivity contribution in [3.8, 4) is 0 Å². The van der Waals surface area contributed by atoms with E-state index in [0.29, 0.717) is 24.1 Å². The highest BCUT2D eigenvalue weighted by atomic mass is 35.5. The second kappa shape index (κ2) is 6.25. The minimum absolute atomic E-state index is 0.154. The minimum Gasteiger partial charge on any atom is -0.465 e. The zero-order valence-electron chi connectivity index (χ0n) is 11.7. The number of hydrogen-bond donors (Lipinski definition) is 0. The Hall–Kier alpha value is -1.24. The summed E-state index contributed by atoms with van der Waals surface area (Å²) in [5.74, 6) is 0.504. The first-order valence-electron chi connectivity index (χ1n) is 6.99. The molecule has 0 bridgehead atoms. The van der Waals surface area contributed by atoms with Crippen molar-refractivity contribution >= 4 is 39.1 Å². The van der Waals surface area contributed by atoms with E-state index in [-0.39, 0.29) is 12.0 Å². The Balaban J connectivity index is 1.79. The average molecular weight is 326 g/mol. The number of esters is 1. The summed E-state index contributed by atoms with van der Waals surface area (Å²) < 4.78 is 5.13. The third kappa shape index (κ3) is 3.02. The predicted molar refractivity (Wildman–Crippen MR) is 82.5 cm³/mol. The predicted octanol–water partition coefficient (Wildman–Crippen LogP) is 2.87. The van der Waals surface area contributed by atoms with Crippen molar-refractivity contribution in [3.63, 3.8) is 0 Å². The van der Waals surface area contributed by atoms with Crippen molar-refractivity contribution in [2.75, 3.05) is 13.2 Å². The number of carbonyl (C=O) groups is 1. The second-order valence-corrected chi connectivity index (χ2v) is 6.20. The van der Waals surface area contributed by atoms with Gasteiger partial charge >= 0.3 is 5.97 Å². The molecule has 0 saturated carbocycles. The Labute approximate surface area is 131 Å². The van der Waals surface area contributed by atoms with Gasteiger partial charge in [-0.15, -0.1) is 11.3 Å². The lowest BCUT2D eigenvalue weighted by Gasteiger charge is -2.21. The van der Waals surface area contributed by atoms with Gasteiger partial charge in [0.15, 0.2) is 0 Å². The van der Waals surface area contributed by atoms with Crippen LogP contribution in [0.25, 0.3) is 10.2 Å². The monoisotopic (exact) mass is 325 g/mol. The smallest absolute Gasteiger partial charge is 0.323 e. The van der Waals surface area contributed by atoms with Crippen molar-refractivity contribution < 1.29 is 9.53 Å². The molecule has 0 radical (unpaired) electrons. The number of rotatable bonds is 4. The van der Waals surface area contributed by atoms with Gasteiger partial charge in [0.1, 0.15) is 21.8 Å². The summed E-state index contributed by atoms with van der Waals surface area (Å²) in [4.78, 5) is 23.8. The fraction of sp³-hybridized carbons (Fsp3) is 0.500. The van der Waals surface area contributed by atoms with Crippen molar-refractivity contribution in [2.24, 2.45) is 0 Å². The Kier molecular flexibility index (Phi) is 4.37. The van der Waals surface area contributed by atoms with Gasteiger partial charge in [0.05, 0.1) is 13.2 Å². The molecule has 2 aromatic heterocycles. The molecule has 3 heterocycles. The van der Waals surface area contributed by atoms with Crippen LogP contribution < -0.4 is 0 Å². The molecule has 1 fully saturated rings. The van der Waals surface area contributed by atoms with E-state index in [1.807, 2.05) is 18.4 Å². The third-order valence-electron chi connectivity index (χ3n) is 3.59. The topological polar surface area (TPSA) is 55.3 Å². The summed E-state index contributed by atoms with van der Waals surface area (Å²) in [6.45, 7) is 3.61. The van der Waals surface area contributed by atoms with Crippen LogP contribution >= 0.6 is 22.9 Å². The number of carbonyl (C=O) groups excluding carboxylic acids is 1. The van der Waals surface area contributed by atoms with Gasteiger partial charge in [0, 0.05) is 5.39 Å². The van der Waals surface area contributed by atoms with Crippen LogP contribution in [0.3, 0.4) is 0 Å². The SMILES string of the molecule is CCOC(=O)C1CCCN1Cc1nc(Cl)c2ccsc2n1. The van der Waals surface area contributed by atoms with Crippen molar-refractivity contribution in [1.29, 1.82) is 0 Å². The average Bonchev–Trinajstić information content (AvgIpc) is 3.08. The highest BCUT2D eigenvalue weighted by Crippen LogP contribution is 2.26. The molecule has 1 atom stereocenters. The van der Waals surface area contributed by atoms with Gasteiger partial charge in [-0.05, 0) is 37.8 Å². The summed E-state index contributed by atoms with van der Waals surface area (Å²) >= 11 is 7.73. The van der Waals surface area contributed by atoms with E-state index in [0.717, 1.165) is 29.6 Å². The van der Waals surface area contributed by atoms with Crippen molar-refractivity contribution in [1.82, 2.24) is 14.9 Å². The Morgan fingerprint density at radius 2 is 2.43 bits per heavy atom. The third-order valence-corrected chi connectivity index (χ3v) is 4.69. The maximum Gasteiger partial charge on any atom is 0.323 e.